The van der Waals surface area contributed by atoms with Crippen LogP contribution >= 0.6 is 22.9 Å². The van der Waals surface area contributed by atoms with Crippen LogP contribution in [0, 0.1) is 0 Å². The van der Waals surface area contributed by atoms with Crippen LogP contribution in [0.15, 0.2) is 48.9 Å². The van der Waals surface area contributed by atoms with Crippen LogP contribution in [0.5, 0.6) is 0 Å². The number of benzene rings is 1. The van der Waals surface area contributed by atoms with Gasteiger partial charge in [-0.05, 0) is 25.1 Å². The Bertz CT molecular complexity index is 770. The molecule has 0 aliphatic carbocycles. The molecule has 0 fully saturated rings. The monoisotopic (exact) mass is 329 g/mol. The van der Waals surface area contributed by atoms with Crippen LogP contribution in [-0.4, -0.2) is 16.5 Å². The highest BCUT2D eigenvalue weighted by molar-refractivity contribution is 7.15. The summed E-state index contributed by atoms with van der Waals surface area (Å²) in [6.45, 7) is 0.690. The van der Waals surface area contributed by atoms with Gasteiger partial charge in [0.1, 0.15) is 0 Å². The second-order valence-electron chi connectivity index (χ2n) is 4.91. The fraction of sp³-hybridized carbons (Fsp3) is 0.176. The van der Waals surface area contributed by atoms with Gasteiger partial charge in [-0.1, -0.05) is 29.8 Å². The number of halogens is 1. The summed E-state index contributed by atoms with van der Waals surface area (Å²) >= 11 is 8.04. The number of nitrogens with zero attached hydrogens (tertiary/aromatic N) is 2. The van der Waals surface area contributed by atoms with Crippen LogP contribution in [0.3, 0.4) is 0 Å². The van der Waals surface area contributed by atoms with E-state index in [1.54, 1.807) is 17.5 Å². The van der Waals surface area contributed by atoms with E-state index in [-0.39, 0.29) is 0 Å². The van der Waals surface area contributed by atoms with Crippen LogP contribution in [0.25, 0.3) is 21.6 Å². The van der Waals surface area contributed by atoms with Crippen LogP contribution in [0.4, 0.5) is 0 Å². The Morgan fingerprint density at radius 1 is 1.05 bits per heavy atom. The molecule has 2 aromatic heterocycles. The summed E-state index contributed by atoms with van der Waals surface area (Å²) in [6.07, 6.45) is 7.46. The maximum atomic E-state index is 6.34. The third-order valence-corrected chi connectivity index (χ3v) is 4.82. The van der Waals surface area contributed by atoms with Gasteiger partial charge in [0.25, 0.3) is 0 Å². The van der Waals surface area contributed by atoms with Gasteiger partial charge >= 0.3 is 0 Å². The topological polar surface area (TPSA) is 51.8 Å². The number of hydrogen-bond donors (Lipinski definition) is 1. The number of pyridine rings is 1. The van der Waals surface area contributed by atoms with Crippen molar-refractivity contribution in [3.8, 4) is 21.6 Å². The van der Waals surface area contributed by atoms with Gasteiger partial charge in [-0.25, -0.2) is 4.98 Å². The van der Waals surface area contributed by atoms with Crippen LogP contribution in [-0.2, 0) is 6.42 Å². The minimum Gasteiger partial charge on any atom is -0.330 e. The molecule has 2 heterocycles. The summed E-state index contributed by atoms with van der Waals surface area (Å²) in [7, 11) is 0. The predicted molar refractivity (Wildman–Crippen MR) is 93.2 cm³/mol. The Morgan fingerprint density at radius 3 is 2.73 bits per heavy atom. The molecule has 3 aromatic rings. The van der Waals surface area contributed by atoms with Crippen molar-refractivity contribution >= 4 is 22.9 Å². The maximum absolute atomic E-state index is 6.34. The zero-order chi connectivity index (χ0) is 15.4. The summed E-state index contributed by atoms with van der Waals surface area (Å²) < 4.78 is 0. The fourth-order valence-corrected chi connectivity index (χ4v) is 3.54. The lowest BCUT2D eigenvalue weighted by Crippen LogP contribution is -1.99. The smallest absolute Gasteiger partial charge is 0.0931 e. The lowest BCUT2D eigenvalue weighted by molar-refractivity contribution is 0.826. The summed E-state index contributed by atoms with van der Waals surface area (Å²) in [5.74, 6) is 0. The zero-order valence-electron chi connectivity index (χ0n) is 12.0. The molecule has 22 heavy (non-hydrogen) atoms. The van der Waals surface area contributed by atoms with Crippen molar-refractivity contribution in [1.82, 2.24) is 9.97 Å². The SMILES string of the molecule is NCCCc1ncc(-c2ccncc2-c2ccccc2Cl)s1. The van der Waals surface area contributed by atoms with E-state index in [0.29, 0.717) is 6.54 Å². The summed E-state index contributed by atoms with van der Waals surface area (Å²) in [5, 5.41) is 1.84. The van der Waals surface area contributed by atoms with Gasteiger partial charge in [0.05, 0.1) is 9.88 Å². The average Bonchev–Trinajstić information content (AvgIpc) is 3.02. The molecule has 112 valence electrons. The molecule has 0 unspecified atom stereocenters. The molecular formula is C17H16ClN3S. The van der Waals surface area contributed by atoms with E-state index in [1.807, 2.05) is 42.7 Å². The normalized spacial score (nSPS) is 10.8. The fourth-order valence-electron chi connectivity index (χ4n) is 2.31. The van der Waals surface area contributed by atoms with Gasteiger partial charge in [-0.2, -0.15) is 0 Å². The first-order valence-corrected chi connectivity index (χ1v) is 8.33. The molecule has 0 radical (unpaired) electrons. The van der Waals surface area contributed by atoms with E-state index in [1.165, 1.54) is 0 Å². The molecule has 2 N–H and O–H groups in total. The van der Waals surface area contributed by atoms with Crippen LogP contribution in [0.1, 0.15) is 11.4 Å². The molecule has 0 saturated heterocycles. The second kappa shape index (κ2) is 7.01. The number of aromatic nitrogens is 2. The van der Waals surface area contributed by atoms with Gasteiger partial charge in [0.15, 0.2) is 0 Å². The van der Waals surface area contributed by atoms with Crippen molar-refractivity contribution in [3.63, 3.8) is 0 Å². The van der Waals surface area contributed by atoms with Gasteiger partial charge < -0.3 is 5.73 Å². The lowest BCUT2D eigenvalue weighted by atomic mass is 10.0. The van der Waals surface area contributed by atoms with Crippen LogP contribution < -0.4 is 5.73 Å². The highest BCUT2D eigenvalue weighted by Crippen LogP contribution is 2.37. The van der Waals surface area contributed by atoms with Crippen molar-refractivity contribution < 1.29 is 0 Å². The molecule has 0 bridgehead atoms. The number of aryl methyl sites for hydroxylation is 1. The highest BCUT2D eigenvalue weighted by Gasteiger charge is 2.12. The van der Waals surface area contributed by atoms with Gasteiger partial charge in [0, 0.05) is 46.7 Å². The van der Waals surface area contributed by atoms with E-state index in [0.717, 1.165) is 44.4 Å². The first-order chi connectivity index (χ1) is 10.8. The third-order valence-electron chi connectivity index (χ3n) is 3.40. The minimum atomic E-state index is 0.690. The van der Waals surface area contributed by atoms with E-state index >= 15 is 0 Å². The van der Waals surface area contributed by atoms with E-state index in [4.69, 9.17) is 17.3 Å². The predicted octanol–water partition coefficient (Wildman–Crippen LogP) is 4.42. The first-order valence-electron chi connectivity index (χ1n) is 7.13. The van der Waals surface area contributed by atoms with E-state index in [2.05, 4.69) is 9.97 Å². The molecule has 3 nitrogen and oxygen atoms in total. The molecule has 0 atom stereocenters. The zero-order valence-corrected chi connectivity index (χ0v) is 13.6. The Balaban J connectivity index is 2.02. The standard InChI is InChI=1S/C17H16ClN3S/c18-15-5-2-1-4-12(15)14-10-20-9-7-13(14)16-11-21-17(22-16)6-3-8-19/h1-2,4-5,7,9-11H,3,6,8,19H2. The molecule has 1 aromatic carbocycles. The molecule has 0 saturated carbocycles. The van der Waals surface area contributed by atoms with Gasteiger partial charge in [0.2, 0.25) is 0 Å². The summed E-state index contributed by atoms with van der Waals surface area (Å²) in [5.41, 5.74) is 8.70. The average molecular weight is 330 g/mol. The molecule has 3 rings (SSSR count). The Labute approximate surface area is 138 Å². The third kappa shape index (κ3) is 3.19. The quantitative estimate of drug-likeness (QED) is 0.754. The molecule has 0 aliphatic heterocycles. The number of nitrogens with two attached hydrogens (primary N) is 1. The number of thiazole rings is 1. The molecule has 0 spiro atoms. The van der Waals surface area contributed by atoms with Crippen molar-refractivity contribution in [2.45, 2.75) is 12.8 Å². The minimum absolute atomic E-state index is 0.690. The van der Waals surface area contributed by atoms with E-state index < -0.39 is 0 Å². The maximum Gasteiger partial charge on any atom is 0.0931 e. The second-order valence-corrected chi connectivity index (χ2v) is 6.43. The Kier molecular flexibility index (Phi) is 4.83. The summed E-state index contributed by atoms with van der Waals surface area (Å²) in [6, 6.07) is 9.84. The molecule has 5 heteroatoms. The van der Waals surface area contributed by atoms with E-state index in [9.17, 15) is 0 Å². The Hall–Kier alpha value is -1.75. The number of rotatable bonds is 5. The van der Waals surface area contributed by atoms with Crippen molar-refractivity contribution in [3.05, 3.63) is 59.0 Å². The highest BCUT2D eigenvalue weighted by atomic mass is 35.5. The Morgan fingerprint density at radius 2 is 1.91 bits per heavy atom. The van der Waals surface area contributed by atoms with Gasteiger partial charge in [-0.15, -0.1) is 11.3 Å². The van der Waals surface area contributed by atoms with Crippen molar-refractivity contribution in [2.75, 3.05) is 6.54 Å². The molecule has 0 amide bonds. The van der Waals surface area contributed by atoms with Crippen molar-refractivity contribution in [2.24, 2.45) is 5.73 Å². The number of hydrogen-bond acceptors (Lipinski definition) is 4. The largest absolute Gasteiger partial charge is 0.330 e. The lowest BCUT2D eigenvalue weighted by Gasteiger charge is -2.08. The molecule has 0 aliphatic rings. The van der Waals surface area contributed by atoms with Crippen LogP contribution in [0.2, 0.25) is 5.02 Å². The molecular weight excluding hydrogens is 314 g/mol. The van der Waals surface area contributed by atoms with Gasteiger partial charge in [-0.3, -0.25) is 4.98 Å². The van der Waals surface area contributed by atoms with Crippen molar-refractivity contribution in [1.29, 1.82) is 0 Å². The summed E-state index contributed by atoms with van der Waals surface area (Å²) in [4.78, 5) is 9.88. The first kappa shape index (κ1) is 15.2.